The number of aliphatic carboxylic acids is 1. The molecule has 232 valence electrons. The number of methoxy groups -OCH3 is 1. The molecule has 3 atom stereocenters. The van der Waals surface area contributed by atoms with Crippen LogP contribution in [0.2, 0.25) is 0 Å². The Morgan fingerprint density at radius 2 is 1.79 bits per heavy atom. The van der Waals surface area contributed by atoms with E-state index in [0.717, 1.165) is 19.3 Å². The minimum Gasteiger partial charge on any atom is -0.481 e. The predicted octanol–water partition coefficient (Wildman–Crippen LogP) is 3.08. The van der Waals surface area contributed by atoms with Gasteiger partial charge >= 0.3 is 12.1 Å². The van der Waals surface area contributed by atoms with Crippen molar-refractivity contribution in [3.05, 3.63) is 47.5 Å². The number of amides is 3. The highest BCUT2D eigenvalue weighted by atomic mass is 19.1. The lowest BCUT2D eigenvalue weighted by molar-refractivity contribution is -0.138. The van der Waals surface area contributed by atoms with Crippen LogP contribution in [-0.4, -0.2) is 101 Å². The van der Waals surface area contributed by atoms with E-state index in [1.165, 1.54) is 34.1 Å². The molecule has 1 aliphatic carbocycles. The number of carboxylic acid groups (broad SMARTS) is 1. The predicted molar refractivity (Wildman–Crippen MR) is 153 cm³/mol. The zero-order chi connectivity index (χ0) is 30.9. The molecule has 2 N–H and O–H groups in total. The summed E-state index contributed by atoms with van der Waals surface area (Å²) in [7, 11) is 1.62. The second-order valence-electron chi connectivity index (χ2n) is 10.8. The van der Waals surface area contributed by atoms with Crippen LogP contribution >= 0.6 is 0 Å². The van der Waals surface area contributed by atoms with Crippen LogP contribution < -0.4 is 5.32 Å². The summed E-state index contributed by atoms with van der Waals surface area (Å²) in [5, 5.41) is 12.0. The second kappa shape index (κ2) is 14.9. The van der Waals surface area contributed by atoms with Crippen LogP contribution in [0.3, 0.4) is 0 Å². The maximum Gasteiger partial charge on any atom is 0.409 e. The minimum absolute atomic E-state index is 0.0140. The minimum atomic E-state index is -1.12. The van der Waals surface area contributed by atoms with Gasteiger partial charge in [-0.25, -0.2) is 19.2 Å². The van der Waals surface area contributed by atoms with Gasteiger partial charge in [0.25, 0.3) is 5.91 Å². The molecule has 1 aromatic heterocycles. The molecule has 43 heavy (non-hydrogen) atoms. The van der Waals surface area contributed by atoms with E-state index < -0.39 is 35.7 Å². The monoisotopic (exact) mass is 599 g/mol. The van der Waals surface area contributed by atoms with Gasteiger partial charge < -0.3 is 29.7 Å². The zero-order valence-corrected chi connectivity index (χ0v) is 24.5. The van der Waals surface area contributed by atoms with E-state index in [0.29, 0.717) is 24.5 Å². The highest BCUT2D eigenvalue weighted by molar-refractivity contribution is 5.96. The van der Waals surface area contributed by atoms with Crippen LogP contribution in [0.5, 0.6) is 0 Å². The van der Waals surface area contributed by atoms with Crippen LogP contribution in [0.25, 0.3) is 11.4 Å². The third-order valence-corrected chi connectivity index (χ3v) is 7.59. The van der Waals surface area contributed by atoms with E-state index >= 15 is 0 Å². The fourth-order valence-corrected chi connectivity index (χ4v) is 4.99. The Morgan fingerprint density at radius 3 is 2.44 bits per heavy atom. The average molecular weight is 600 g/mol. The molecule has 3 amide bonds. The van der Waals surface area contributed by atoms with E-state index in [2.05, 4.69) is 15.3 Å². The number of carbonyl (C=O) groups excluding carboxylic acids is 3. The fourth-order valence-electron chi connectivity index (χ4n) is 4.99. The first-order valence-electron chi connectivity index (χ1n) is 14.6. The summed E-state index contributed by atoms with van der Waals surface area (Å²) < 4.78 is 24.1. The van der Waals surface area contributed by atoms with Crippen LogP contribution in [0.15, 0.2) is 30.3 Å². The number of rotatable bonds is 13. The summed E-state index contributed by atoms with van der Waals surface area (Å²) in [4.78, 5) is 62.8. The number of carboxylic acids is 1. The van der Waals surface area contributed by atoms with Crippen LogP contribution in [0.4, 0.5) is 9.18 Å². The second-order valence-corrected chi connectivity index (χ2v) is 10.8. The molecule has 12 nitrogen and oxygen atoms in total. The molecule has 2 fully saturated rings. The summed E-state index contributed by atoms with van der Waals surface area (Å²) in [6, 6.07) is 6.05. The number of nitrogens with zero attached hydrogens (tertiary/aromatic N) is 4. The first-order chi connectivity index (χ1) is 20.7. The fraction of sp³-hybridized carbons (Fsp3) is 0.533. The molecule has 1 saturated heterocycles. The highest BCUT2D eigenvalue weighted by Crippen LogP contribution is 2.47. The van der Waals surface area contributed by atoms with Crippen molar-refractivity contribution in [1.82, 2.24) is 25.1 Å². The van der Waals surface area contributed by atoms with E-state index in [1.807, 2.05) is 6.92 Å². The van der Waals surface area contributed by atoms with Crippen LogP contribution in [0.1, 0.15) is 61.1 Å². The summed E-state index contributed by atoms with van der Waals surface area (Å²) in [5.41, 5.74) is 1.17. The molecule has 4 rings (SSSR count). The third kappa shape index (κ3) is 8.69. The number of unbranched alkanes of at least 4 members (excludes halogenated alkanes) is 1. The summed E-state index contributed by atoms with van der Waals surface area (Å²) in [6.45, 7) is 3.83. The van der Waals surface area contributed by atoms with Gasteiger partial charge in [-0.1, -0.05) is 13.3 Å². The van der Waals surface area contributed by atoms with Crippen molar-refractivity contribution in [2.45, 2.75) is 51.0 Å². The highest BCUT2D eigenvalue weighted by Gasteiger charge is 2.40. The molecule has 2 heterocycles. The normalized spacial score (nSPS) is 18.6. The molecule has 2 aromatic rings. The van der Waals surface area contributed by atoms with Crippen LogP contribution in [-0.2, 0) is 19.1 Å². The van der Waals surface area contributed by atoms with Gasteiger partial charge in [0.1, 0.15) is 17.6 Å². The molecule has 1 unspecified atom stereocenters. The number of hydrogen-bond acceptors (Lipinski definition) is 8. The Hall–Kier alpha value is -4.13. The SMILES string of the molecule is CCCCOC(=O)N1CCN(C(=O)C(CCC(=O)O)NC(=O)c2cc([C@H]3C[C@@H]3COC)nc(-c3ccc(F)cc3)n2)CC1. The molecular formula is C30H38FN5O7. The Bertz CT molecular complexity index is 1300. The number of carbonyl (C=O) groups is 4. The Kier molecular flexibility index (Phi) is 11.0. The third-order valence-electron chi connectivity index (χ3n) is 7.59. The van der Waals surface area contributed by atoms with Gasteiger partial charge in [0.05, 0.1) is 6.61 Å². The van der Waals surface area contributed by atoms with Gasteiger partial charge in [-0.05, 0) is 55.5 Å². The molecule has 1 aliphatic heterocycles. The first-order valence-corrected chi connectivity index (χ1v) is 14.6. The van der Waals surface area contributed by atoms with Crippen molar-refractivity contribution in [1.29, 1.82) is 0 Å². The number of nitrogens with one attached hydrogen (secondary N) is 1. The zero-order valence-electron chi connectivity index (χ0n) is 24.5. The quantitative estimate of drug-likeness (QED) is 0.331. The largest absolute Gasteiger partial charge is 0.481 e. The van der Waals surface area contributed by atoms with Crippen molar-refractivity contribution < 1.29 is 38.1 Å². The van der Waals surface area contributed by atoms with E-state index in [4.69, 9.17) is 9.47 Å². The smallest absolute Gasteiger partial charge is 0.409 e. The van der Waals surface area contributed by atoms with Gasteiger partial charge in [0.2, 0.25) is 5.91 Å². The Balaban J connectivity index is 1.50. The maximum absolute atomic E-state index is 13.6. The summed E-state index contributed by atoms with van der Waals surface area (Å²) >= 11 is 0. The van der Waals surface area contributed by atoms with E-state index in [-0.39, 0.29) is 62.4 Å². The molecular weight excluding hydrogens is 561 g/mol. The number of benzene rings is 1. The lowest BCUT2D eigenvalue weighted by Gasteiger charge is -2.36. The maximum atomic E-state index is 13.6. The lowest BCUT2D eigenvalue weighted by Crippen LogP contribution is -2.56. The summed E-state index contributed by atoms with van der Waals surface area (Å²) in [6.07, 6.45) is 1.60. The first kappa shape index (κ1) is 31.8. The number of hydrogen-bond donors (Lipinski definition) is 2. The Labute approximate surface area is 249 Å². The van der Waals surface area contributed by atoms with Gasteiger partial charge in [-0.3, -0.25) is 14.4 Å². The lowest BCUT2D eigenvalue weighted by atomic mass is 10.1. The van der Waals surface area contributed by atoms with Crippen molar-refractivity contribution in [2.75, 3.05) is 46.5 Å². The Morgan fingerprint density at radius 1 is 1.09 bits per heavy atom. The van der Waals surface area contributed by atoms with E-state index in [9.17, 15) is 28.7 Å². The molecule has 1 aromatic carbocycles. The van der Waals surface area contributed by atoms with E-state index in [1.54, 1.807) is 13.2 Å². The summed E-state index contributed by atoms with van der Waals surface area (Å²) in [5.74, 6) is -2.09. The molecule has 0 spiro atoms. The van der Waals surface area contributed by atoms with Crippen molar-refractivity contribution in [3.63, 3.8) is 0 Å². The number of halogens is 1. The molecule has 13 heteroatoms. The molecule has 1 saturated carbocycles. The van der Waals surface area contributed by atoms with Crippen LogP contribution in [0, 0.1) is 11.7 Å². The topological polar surface area (TPSA) is 151 Å². The van der Waals surface area contributed by atoms with Crippen molar-refractivity contribution >= 4 is 23.9 Å². The standard InChI is InChI=1S/C30H38FN5O7/c1-3-4-15-43-30(41)36-13-11-35(12-14-36)29(40)23(9-10-26(37)38)34-28(39)25-17-24(22-16-20(22)18-42-2)32-27(33-25)19-5-7-21(31)8-6-19/h5-8,17,20,22-23H,3-4,9-16,18H2,1-2H3,(H,34,39)(H,37,38)/t20-,22+,23?/m1/s1. The van der Waals surface area contributed by atoms with Gasteiger partial charge in [-0.2, -0.15) is 0 Å². The van der Waals surface area contributed by atoms with Crippen molar-refractivity contribution in [2.24, 2.45) is 5.92 Å². The molecule has 0 bridgehead atoms. The molecule has 0 radical (unpaired) electrons. The van der Waals surface area contributed by atoms with Gasteiger partial charge in [-0.15, -0.1) is 0 Å². The van der Waals surface area contributed by atoms with Gasteiger partial charge in [0, 0.05) is 63.5 Å². The number of aromatic nitrogens is 2. The molecule has 2 aliphatic rings. The average Bonchev–Trinajstić information content (AvgIpc) is 3.78. The van der Waals surface area contributed by atoms with Gasteiger partial charge in [0.15, 0.2) is 5.82 Å². The number of piperazine rings is 1. The van der Waals surface area contributed by atoms with Crippen molar-refractivity contribution in [3.8, 4) is 11.4 Å². The number of ether oxygens (including phenoxy) is 2.